The molecule has 0 radical (unpaired) electrons. The summed E-state index contributed by atoms with van der Waals surface area (Å²) in [5.41, 5.74) is 29.8. The lowest BCUT2D eigenvalue weighted by molar-refractivity contribution is 1.07. The number of nitrogens with zero attached hydrogens (tertiary/aromatic N) is 15. The van der Waals surface area contributed by atoms with Gasteiger partial charge in [-0.05, 0) is 102 Å². The van der Waals surface area contributed by atoms with Crippen molar-refractivity contribution in [1.29, 1.82) is 0 Å². The standard InChI is InChI=1S/C45H29N5.2C40H27N5/c1-5-14-30(15-6-1)39-27-25-32-24-26-37-38(29-40(31-16-7-2-8-17-31)47-42(37)41(32)46-39)35-22-13-23-36(28-35)45-49-43(33-18-9-3-10-19-33)48-44(50-45)34-20-11-4-12-21-34;1-26-24-34(33-22-20-28-21-23-35(27-12-5-2-6-13-27)42-36(28)37(33)41-26)31-18-11-19-32(25-31)40-44-38(29-14-7-3-8-15-29)43-39(45-40)30-16-9-4-10-17-30;1-26-20-21-28-22-23-33-34(25-35(27-12-5-2-6-13-27)42-37(33)36(28)41-26)31-18-11-19-32(24-31)40-44-38(29-14-7-3-8-15-29)43-39(45-40)30-16-9-4-10-17-30/h1-29H;2*2-25H,1H3. The Morgan fingerprint density at radius 3 is 0.607 bits per heavy atom. The zero-order chi connectivity index (χ0) is 93.6. The van der Waals surface area contributed by atoms with E-state index in [1.54, 1.807) is 0 Å². The van der Waals surface area contributed by atoms with Crippen LogP contribution >= 0.6 is 0 Å². The van der Waals surface area contributed by atoms with Crippen LogP contribution in [0.5, 0.6) is 0 Å². The molecule has 25 rings (SSSR count). The number of hydrogen-bond acceptors (Lipinski definition) is 15. The Hall–Kier alpha value is -19.0. The van der Waals surface area contributed by atoms with Gasteiger partial charge in [0.1, 0.15) is 0 Å². The highest BCUT2D eigenvalue weighted by molar-refractivity contribution is 6.12. The Morgan fingerprint density at radius 1 is 0.121 bits per heavy atom. The maximum Gasteiger partial charge on any atom is 0.164 e. The molecular formula is C125H83N15. The summed E-state index contributed by atoms with van der Waals surface area (Å²) in [5, 5.41) is 6.29. The van der Waals surface area contributed by atoms with Crippen LogP contribution in [0.25, 0.3) is 246 Å². The van der Waals surface area contributed by atoms with Crippen LogP contribution in [0, 0.1) is 13.8 Å². The summed E-state index contributed by atoms with van der Waals surface area (Å²) in [4.78, 5) is 75.1. The van der Waals surface area contributed by atoms with Crippen molar-refractivity contribution in [1.82, 2.24) is 74.8 Å². The molecule has 0 amide bonds. The molecule has 15 nitrogen and oxygen atoms in total. The molecule has 0 fully saturated rings. The molecule has 0 aliphatic heterocycles. The minimum atomic E-state index is 0.612. The van der Waals surface area contributed by atoms with Crippen molar-refractivity contribution in [2.75, 3.05) is 0 Å². The first-order valence-electron chi connectivity index (χ1n) is 46.5. The molecule has 140 heavy (non-hydrogen) atoms. The van der Waals surface area contributed by atoms with Gasteiger partial charge in [0.15, 0.2) is 52.4 Å². The molecule has 0 aliphatic carbocycles. The molecule has 0 unspecified atom stereocenters. The largest absolute Gasteiger partial charge is 0.251 e. The van der Waals surface area contributed by atoms with Crippen LogP contribution in [0.1, 0.15) is 11.4 Å². The van der Waals surface area contributed by atoms with Gasteiger partial charge in [-0.1, -0.05) is 413 Å². The number of aromatic nitrogens is 15. The van der Waals surface area contributed by atoms with E-state index in [2.05, 4.69) is 206 Å². The number of benzene rings is 16. The number of pyridine rings is 6. The minimum absolute atomic E-state index is 0.612. The van der Waals surface area contributed by atoms with Gasteiger partial charge in [-0.25, -0.2) is 64.8 Å². The molecule has 15 heteroatoms. The topological polar surface area (TPSA) is 193 Å². The second-order valence-corrected chi connectivity index (χ2v) is 34.2. The van der Waals surface area contributed by atoms with E-state index in [0.29, 0.717) is 52.4 Å². The van der Waals surface area contributed by atoms with Crippen LogP contribution in [0.3, 0.4) is 0 Å². The molecule has 0 aliphatic rings. The SMILES string of the molecule is Cc1cc(-c2cccc(-c3nc(-c4ccccc4)nc(-c4ccccc4)n3)c2)c2ccc3ccc(-c4ccccc4)nc3c2n1.Cc1ccc2ccc3c(-c4cccc(-c5nc(-c6ccccc6)nc(-c6ccccc6)n5)c4)cc(-c4ccccc4)nc3c2n1.c1ccc(-c2ccc3ccc4c(-c5cccc(-c6nc(-c7ccccc7)nc(-c7ccccc7)n6)c5)cc(-c5ccccc5)nc4c3n2)cc1. The average Bonchev–Trinajstić information content (AvgIpc) is 0.758. The van der Waals surface area contributed by atoms with Crippen LogP contribution in [0.4, 0.5) is 0 Å². The summed E-state index contributed by atoms with van der Waals surface area (Å²) in [7, 11) is 0. The fraction of sp³-hybridized carbons (Fsp3) is 0.0160. The summed E-state index contributed by atoms with van der Waals surface area (Å²) in [5.74, 6) is 5.68. The molecule has 0 saturated heterocycles. The van der Waals surface area contributed by atoms with Gasteiger partial charge in [0.25, 0.3) is 0 Å². The zero-order valence-electron chi connectivity index (χ0n) is 76.2. The van der Waals surface area contributed by atoms with Crippen molar-refractivity contribution in [3.8, 4) is 181 Å². The summed E-state index contributed by atoms with van der Waals surface area (Å²) in [6.45, 7) is 4.06. The lowest BCUT2D eigenvalue weighted by Crippen LogP contribution is -2.00. The first-order valence-corrected chi connectivity index (χ1v) is 46.5. The van der Waals surface area contributed by atoms with E-state index in [1.165, 1.54) is 0 Å². The molecule has 0 atom stereocenters. The second-order valence-electron chi connectivity index (χ2n) is 34.2. The van der Waals surface area contributed by atoms with Crippen LogP contribution in [-0.4, -0.2) is 74.8 Å². The third kappa shape index (κ3) is 17.8. The normalized spacial score (nSPS) is 11.2. The van der Waals surface area contributed by atoms with Gasteiger partial charge >= 0.3 is 0 Å². The molecule has 0 spiro atoms. The first kappa shape index (κ1) is 85.2. The third-order valence-electron chi connectivity index (χ3n) is 24.9. The van der Waals surface area contributed by atoms with E-state index in [9.17, 15) is 0 Å². The number of aryl methyl sites for hydroxylation is 2. The van der Waals surface area contributed by atoms with Crippen molar-refractivity contribution < 1.29 is 0 Å². The van der Waals surface area contributed by atoms with Crippen LogP contribution in [-0.2, 0) is 0 Å². The maximum atomic E-state index is 5.27. The average molecular weight is 1800 g/mol. The highest BCUT2D eigenvalue weighted by Crippen LogP contribution is 2.43. The predicted molar refractivity (Wildman–Crippen MR) is 568 cm³/mol. The third-order valence-corrected chi connectivity index (χ3v) is 24.9. The first-order chi connectivity index (χ1) is 69.1. The van der Waals surface area contributed by atoms with Gasteiger partial charge < -0.3 is 0 Å². The maximum absolute atomic E-state index is 5.27. The summed E-state index contributed by atoms with van der Waals surface area (Å²) >= 11 is 0. The Kier molecular flexibility index (Phi) is 23.2. The Morgan fingerprint density at radius 2 is 0.321 bits per heavy atom. The summed E-state index contributed by atoms with van der Waals surface area (Å²) in [6.07, 6.45) is 0. The Balaban J connectivity index is 0.000000117. The smallest absolute Gasteiger partial charge is 0.164 e. The lowest BCUT2D eigenvalue weighted by Gasteiger charge is -2.14. The van der Waals surface area contributed by atoms with Crippen molar-refractivity contribution in [3.63, 3.8) is 0 Å². The fourth-order valence-corrected chi connectivity index (χ4v) is 17.9. The summed E-state index contributed by atoms with van der Waals surface area (Å²) < 4.78 is 0. The van der Waals surface area contributed by atoms with Gasteiger partial charge in [0.05, 0.1) is 55.9 Å². The van der Waals surface area contributed by atoms with Crippen LogP contribution in [0.2, 0.25) is 0 Å². The Labute approximate surface area is 808 Å². The highest BCUT2D eigenvalue weighted by Gasteiger charge is 2.23. The van der Waals surface area contributed by atoms with E-state index in [1.807, 2.05) is 275 Å². The van der Waals surface area contributed by atoms with E-state index in [-0.39, 0.29) is 0 Å². The molecule has 9 aromatic heterocycles. The van der Waals surface area contributed by atoms with Gasteiger partial charge in [-0.3, -0.25) is 9.97 Å². The number of rotatable bonds is 16. The van der Waals surface area contributed by atoms with Gasteiger partial charge in [0, 0.05) is 116 Å². The summed E-state index contributed by atoms with van der Waals surface area (Å²) in [6, 6.07) is 159. The second kappa shape index (κ2) is 38.2. The monoisotopic (exact) mass is 1790 g/mol. The van der Waals surface area contributed by atoms with E-state index >= 15 is 0 Å². The molecule has 658 valence electrons. The fourth-order valence-electron chi connectivity index (χ4n) is 17.9. The molecule has 0 saturated carbocycles. The lowest BCUT2D eigenvalue weighted by atomic mass is 9.95. The molecule has 9 heterocycles. The van der Waals surface area contributed by atoms with Crippen LogP contribution < -0.4 is 0 Å². The molecular weight excluding hydrogens is 1710 g/mol. The quantitative estimate of drug-likeness (QED) is 0.0829. The Bertz CT molecular complexity index is 8740. The van der Waals surface area contributed by atoms with Crippen molar-refractivity contribution in [2.45, 2.75) is 13.8 Å². The highest BCUT2D eigenvalue weighted by atomic mass is 15.1. The number of hydrogen-bond donors (Lipinski definition) is 0. The van der Waals surface area contributed by atoms with Crippen molar-refractivity contribution >= 4 is 65.4 Å². The van der Waals surface area contributed by atoms with Gasteiger partial charge in [0.2, 0.25) is 0 Å². The van der Waals surface area contributed by atoms with E-state index < -0.39 is 0 Å². The molecule has 25 aromatic rings. The van der Waals surface area contributed by atoms with Crippen molar-refractivity contribution in [3.05, 3.63) is 478 Å². The molecule has 16 aromatic carbocycles. The van der Waals surface area contributed by atoms with E-state index in [0.717, 1.165) is 205 Å². The molecule has 0 bridgehead atoms. The van der Waals surface area contributed by atoms with Crippen LogP contribution in [0.15, 0.2) is 467 Å². The zero-order valence-corrected chi connectivity index (χ0v) is 76.2. The molecule has 0 N–H and O–H groups in total. The minimum Gasteiger partial charge on any atom is -0.251 e. The number of fused-ring (bicyclic) bond motifs is 9. The van der Waals surface area contributed by atoms with E-state index in [4.69, 9.17) is 74.8 Å². The van der Waals surface area contributed by atoms with Gasteiger partial charge in [-0.15, -0.1) is 0 Å². The van der Waals surface area contributed by atoms with Gasteiger partial charge in [-0.2, -0.15) is 0 Å². The predicted octanol–water partition coefficient (Wildman–Crippen LogP) is 30.2. The van der Waals surface area contributed by atoms with Crippen molar-refractivity contribution in [2.24, 2.45) is 0 Å².